The molecule has 0 aromatic heterocycles. The van der Waals surface area contributed by atoms with Crippen LogP contribution >= 0.6 is 0 Å². The molecule has 11 aromatic carbocycles. The van der Waals surface area contributed by atoms with E-state index in [2.05, 4.69) is 377 Å². The highest BCUT2D eigenvalue weighted by molar-refractivity contribution is 5.85. The molecule has 0 unspecified atom stereocenters. The number of hydrogen-bond acceptors (Lipinski definition) is 2. The number of allylic oxidation sites excluding steroid dienone is 4. The van der Waals surface area contributed by atoms with E-state index >= 15 is 0 Å². The Morgan fingerprint density at radius 2 is 0.488 bits per heavy atom. The van der Waals surface area contributed by atoms with Crippen LogP contribution in [0.1, 0.15) is 77.9 Å². The lowest BCUT2D eigenvalue weighted by Gasteiger charge is -2.27. The van der Waals surface area contributed by atoms with Crippen LogP contribution in [0.25, 0.3) is 47.6 Å². The molecule has 84 heavy (non-hydrogen) atoms. The van der Waals surface area contributed by atoms with Crippen molar-refractivity contribution in [3.8, 4) is 0 Å². The summed E-state index contributed by atoms with van der Waals surface area (Å²) in [4.78, 5) is 4.71. The van der Waals surface area contributed by atoms with E-state index in [9.17, 15) is 0 Å². The van der Waals surface area contributed by atoms with Gasteiger partial charge in [0.25, 0.3) is 0 Å². The lowest BCUT2D eigenvalue weighted by atomic mass is 9.97. The topological polar surface area (TPSA) is 6.48 Å². The van der Waals surface area contributed by atoms with Gasteiger partial charge in [-0.3, -0.25) is 0 Å². The average molecular weight is 1080 g/mol. The number of rotatable bonds is 18. The van der Waals surface area contributed by atoms with Gasteiger partial charge in [0.15, 0.2) is 0 Å². The third kappa shape index (κ3) is 14.0. The summed E-state index contributed by atoms with van der Waals surface area (Å²) in [6, 6.07) is 99.8. The summed E-state index contributed by atoms with van der Waals surface area (Å²) in [5.74, 6) is 0. The number of aryl methyl sites for hydroxylation is 4. The Morgan fingerprint density at radius 3 is 0.738 bits per heavy atom. The van der Waals surface area contributed by atoms with Crippen LogP contribution in [0.3, 0.4) is 0 Å². The van der Waals surface area contributed by atoms with E-state index in [1.807, 2.05) is 0 Å². The summed E-state index contributed by atoms with van der Waals surface area (Å²) in [5, 5.41) is 0. The van der Waals surface area contributed by atoms with Gasteiger partial charge in [0.2, 0.25) is 0 Å². The van der Waals surface area contributed by atoms with Crippen LogP contribution in [0, 0.1) is 27.7 Å². The van der Waals surface area contributed by atoms with Gasteiger partial charge in [0.05, 0.1) is 0 Å². The Labute approximate surface area is 497 Å². The van der Waals surface area contributed by atoms with E-state index in [-0.39, 0.29) is 0 Å². The maximum atomic E-state index is 2.35. The average Bonchev–Trinajstić information content (AvgIpc) is 3.47. The number of benzene rings is 11. The van der Waals surface area contributed by atoms with Gasteiger partial charge in [-0.1, -0.05) is 290 Å². The second kappa shape index (κ2) is 26.8. The van der Waals surface area contributed by atoms with Gasteiger partial charge in [0.1, 0.15) is 0 Å². The van der Waals surface area contributed by atoms with Crippen molar-refractivity contribution in [2.45, 2.75) is 27.7 Å². The van der Waals surface area contributed by atoms with Crippen molar-refractivity contribution in [3.63, 3.8) is 0 Å². The minimum absolute atomic E-state index is 1.10. The Bertz CT molecular complexity index is 3770. The molecule has 0 saturated carbocycles. The van der Waals surface area contributed by atoms with Gasteiger partial charge >= 0.3 is 0 Å². The molecule has 0 fully saturated rings. The molecule has 2 nitrogen and oxygen atoms in total. The molecule has 0 amide bonds. The van der Waals surface area contributed by atoms with E-state index in [1.165, 1.54) is 55.7 Å². The molecule has 406 valence electrons. The van der Waals surface area contributed by atoms with Gasteiger partial charge in [-0.15, -0.1) is 0 Å². The van der Waals surface area contributed by atoms with Crippen LogP contribution in [-0.2, 0) is 0 Å². The lowest BCUT2D eigenvalue weighted by molar-refractivity contribution is 1.24. The zero-order valence-electron chi connectivity index (χ0n) is 48.2. The SMILES string of the molecule is Cc1ccc(N(c2ccc(/C=C/C=C(c3ccccc3)c3ccccc3)cc2)c2ccc(/C=C/c3ccc(/C=C/c4ccc(N(c5ccc(/C=C/C=C(c6ccccc6)c6ccccc6)cc5)c5ccc(C)cc5C)cc4)cc3)cc2)c(C)c1. The molecule has 0 bridgehead atoms. The second-order valence-electron chi connectivity index (χ2n) is 21.3. The monoisotopic (exact) mass is 1080 g/mol. The summed E-state index contributed by atoms with van der Waals surface area (Å²) in [7, 11) is 0. The molecule has 0 atom stereocenters. The quantitative estimate of drug-likeness (QED) is 0.0624. The number of hydrogen-bond donors (Lipinski definition) is 0. The third-order valence-electron chi connectivity index (χ3n) is 15.1. The van der Waals surface area contributed by atoms with Crippen molar-refractivity contribution in [2.75, 3.05) is 9.80 Å². The van der Waals surface area contributed by atoms with Crippen molar-refractivity contribution in [3.05, 3.63) is 381 Å². The zero-order valence-corrected chi connectivity index (χ0v) is 48.2. The predicted octanol–water partition coefficient (Wildman–Crippen LogP) is 22.5. The van der Waals surface area contributed by atoms with Crippen LogP contribution in [0.4, 0.5) is 34.1 Å². The molecule has 0 heterocycles. The molecule has 0 aliphatic carbocycles. The summed E-state index contributed by atoms with van der Waals surface area (Å²) < 4.78 is 0. The Kier molecular flexibility index (Phi) is 17.7. The maximum Gasteiger partial charge on any atom is 0.0490 e. The van der Waals surface area contributed by atoms with E-state index in [0.717, 1.165) is 67.5 Å². The molecule has 0 radical (unpaired) electrons. The highest BCUT2D eigenvalue weighted by Gasteiger charge is 2.17. The molecule has 2 heteroatoms. The molecule has 0 N–H and O–H groups in total. The van der Waals surface area contributed by atoms with Gasteiger partial charge in [-0.25, -0.2) is 0 Å². The smallest absolute Gasteiger partial charge is 0.0490 e. The first-order valence-corrected chi connectivity index (χ1v) is 28.9. The molecule has 0 aliphatic heterocycles. The van der Waals surface area contributed by atoms with Gasteiger partial charge < -0.3 is 9.80 Å². The minimum Gasteiger partial charge on any atom is -0.310 e. The fourth-order valence-electron chi connectivity index (χ4n) is 10.7. The van der Waals surface area contributed by atoms with Crippen molar-refractivity contribution in [1.82, 2.24) is 0 Å². The lowest BCUT2D eigenvalue weighted by Crippen LogP contribution is -2.11. The summed E-state index contributed by atoms with van der Waals surface area (Å²) in [6.45, 7) is 8.69. The first-order valence-electron chi connectivity index (χ1n) is 28.9. The minimum atomic E-state index is 1.10. The first-order chi connectivity index (χ1) is 41.3. The van der Waals surface area contributed by atoms with Gasteiger partial charge in [-0.05, 0) is 166 Å². The van der Waals surface area contributed by atoms with E-state index < -0.39 is 0 Å². The summed E-state index contributed by atoms with van der Waals surface area (Å²) in [5.41, 5.74) is 25.7. The van der Waals surface area contributed by atoms with Crippen LogP contribution in [0.5, 0.6) is 0 Å². The number of nitrogens with zero attached hydrogens (tertiary/aromatic N) is 2. The third-order valence-corrected chi connectivity index (χ3v) is 15.1. The highest BCUT2D eigenvalue weighted by atomic mass is 15.1. The highest BCUT2D eigenvalue weighted by Crippen LogP contribution is 2.39. The van der Waals surface area contributed by atoms with Crippen LogP contribution in [0.15, 0.2) is 303 Å². The van der Waals surface area contributed by atoms with Crippen molar-refractivity contribution < 1.29 is 0 Å². The van der Waals surface area contributed by atoms with Crippen LogP contribution in [-0.4, -0.2) is 0 Å². The van der Waals surface area contributed by atoms with E-state index in [4.69, 9.17) is 0 Å². The van der Waals surface area contributed by atoms with Crippen molar-refractivity contribution in [1.29, 1.82) is 0 Å². The molecule has 11 rings (SSSR count). The summed E-state index contributed by atoms with van der Waals surface area (Å²) in [6.07, 6.45) is 21.8. The van der Waals surface area contributed by atoms with Crippen molar-refractivity contribution >= 4 is 81.7 Å². The largest absolute Gasteiger partial charge is 0.310 e. The Hall–Kier alpha value is -10.5. The van der Waals surface area contributed by atoms with Crippen LogP contribution < -0.4 is 9.80 Å². The molecule has 0 spiro atoms. The molecule has 0 saturated heterocycles. The molecular formula is C82H68N2. The normalized spacial score (nSPS) is 11.4. The van der Waals surface area contributed by atoms with Crippen molar-refractivity contribution in [2.24, 2.45) is 0 Å². The van der Waals surface area contributed by atoms with Gasteiger partial charge in [-0.2, -0.15) is 0 Å². The standard InChI is InChI=1S/C82H68N2/c1-61-31-57-81(63(3)59-61)83(75-49-41-65(42-50-75)19-17-29-79(71-21-9-5-10-22-71)72-23-11-6-12-24-72)77-53-45-69(46-54-77)39-37-67-33-35-68(36-34-67)38-40-70-47-55-78(56-48-70)84(82-58-32-62(2)60-64(82)4)76-51-43-66(44-52-76)20-18-30-80(73-25-13-7-14-26-73)74-27-15-8-16-28-74/h5-60H,1-4H3/b19-17+,20-18+,39-37+,40-38+. The first kappa shape index (κ1) is 55.4. The maximum absolute atomic E-state index is 2.35. The molecule has 11 aromatic rings. The zero-order chi connectivity index (χ0) is 57.5. The second-order valence-corrected chi connectivity index (χ2v) is 21.3. The Balaban J connectivity index is 0.755. The predicted molar refractivity (Wildman–Crippen MR) is 363 cm³/mol. The molecular weight excluding hydrogens is 1010 g/mol. The van der Waals surface area contributed by atoms with Crippen LogP contribution in [0.2, 0.25) is 0 Å². The fourth-order valence-corrected chi connectivity index (χ4v) is 10.7. The number of anilines is 6. The Morgan fingerprint density at radius 1 is 0.250 bits per heavy atom. The molecule has 0 aliphatic rings. The van der Waals surface area contributed by atoms with E-state index in [1.54, 1.807) is 0 Å². The van der Waals surface area contributed by atoms with Gasteiger partial charge in [0, 0.05) is 34.1 Å². The summed E-state index contributed by atoms with van der Waals surface area (Å²) >= 11 is 0. The van der Waals surface area contributed by atoms with E-state index in [0.29, 0.717) is 0 Å². The fraction of sp³-hybridized carbons (Fsp3) is 0.0488.